The van der Waals surface area contributed by atoms with E-state index in [-0.39, 0.29) is 24.3 Å². The van der Waals surface area contributed by atoms with Crippen LogP contribution in [0.3, 0.4) is 0 Å². The fourth-order valence-electron chi connectivity index (χ4n) is 4.54. The number of nitrogens with zero attached hydrogens (tertiary/aromatic N) is 2. The van der Waals surface area contributed by atoms with Crippen molar-refractivity contribution in [2.45, 2.75) is 49.9 Å². The highest BCUT2D eigenvalue weighted by atomic mass is 35.5. The molecule has 2 aliphatic rings. The number of hydrogen-bond acceptors (Lipinski definition) is 6. The number of ether oxygens (including phenoxy) is 2. The van der Waals surface area contributed by atoms with Crippen molar-refractivity contribution in [1.29, 1.82) is 0 Å². The first-order chi connectivity index (χ1) is 19.2. The van der Waals surface area contributed by atoms with E-state index in [1.54, 1.807) is 12.1 Å². The number of carbonyl (C=O) groups excluding carboxylic acids is 1. The standard InChI is InChI=1S/C29H29ClF3N3O4/c30-23-15-18(3-10-25(23)39-21-8-9-21)27(37)24(17-36-13-1-2-14-36)35-28(38)29(32,33)19-11-12-34-26(16-19)40-22-6-4-20(31)5-7-22/h3-7,10-12,15-16,21,24,27,37H,1-2,8-9,13-14,17H2,(H,35,38)/t24-,27-/m1/s1. The van der Waals surface area contributed by atoms with Gasteiger partial charge in [-0.2, -0.15) is 8.78 Å². The van der Waals surface area contributed by atoms with Gasteiger partial charge in [0.05, 0.1) is 17.2 Å². The third-order valence-electron chi connectivity index (χ3n) is 6.89. The average molecular weight is 576 g/mol. The summed E-state index contributed by atoms with van der Waals surface area (Å²) in [6, 6.07) is 10.7. The number of carbonyl (C=O) groups is 1. The van der Waals surface area contributed by atoms with E-state index in [9.17, 15) is 14.3 Å². The summed E-state index contributed by atoms with van der Waals surface area (Å²) in [6.45, 7) is 1.65. The van der Waals surface area contributed by atoms with Gasteiger partial charge in [-0.1, -0.05) is 17.7 Å². The van der Waals surface area contributed by atoms with Crippen molar-refractivity contribution in [2.75, 3.05) is 19.6 Å². The zero-order valence-corrected chi connectivity index (χ0v) is 22.3. The summed E-state index contributed by atoms with van der Waals surface area (Å²) < 4.78 is 55.2. The van der Waals surface area contributed by atoms with Crippen LogP contribution >= 0.6 is 11.6 Å². The van der Waals surface area contributed by atoms with Gasteiger partial charge in [-0.25, -0.2) is 9.37 Å². The van der Waals surface area contributed by atoms with E-state index in [4.69, 9.17) is 21.1 Å². The second kappa shape index (κ2) is 12.0. The predicted molar refractivity (Wildman–Crippen MR) is 142 cm³/mol. The second-order valence-corrected chi connectivity index (χ2v) is 10.5. The number of rotatable bonds is 11. The van der Waals surface area contributed by atoms with Gasteiger partial charge >= 0.3 is 5.92 Å². The average Bonchev–Trinajstić information content (AvgIpc) is 3.61. The van der Waals surface area contributed by atoms with Gasteiger partial charge in [-0.3, -0.25) is 4.79 Å². The number of benzene rings is 2. The normalized spacial score (nSPS) is 17.3. The highest BCUT2D eigenvalue weighted by Gasteiger charge is 2.43. The Balaban J connectivity index is 1.33. The molecule has 0 spiro atoms. The maximum absolute atomic E-state index is 15.4. The largest absolute Gasteiger partial charge is 0.489 e. The van der Waals surface area contributed by atoms with Gasteiger partial charge in [0.2, 0.25) is 5.88 Å². The third-order valence-corrected chi connectivity index (χ3v) is 7.18. The molecule has 0 bridgehead atoms. The summed E-state index contributed by atoms with van der Waals surface area (Å²) >= 11 is 6.37. The molecule has 0 unspecified atom stereocenters. The van der Waals surface area contributed by atoms with Crippen LogP contribution in [0.25, 0.3) is 0 Å². The van der Waals surface area contributed by atoms with Crippen LogP contribution in [-0.4, -0.2) is 52.7 Å². The number of nitrogens with one attached hydrogen (secondary N) is 1. The Hall–Kier alpha value is -3.34. The predicted octanol–water partition coefficient (Wildman–Crippen LogP) is 5.61. The lowest BCUT2D eigenvalue weighted by Gasteiger charge is -2.30. The second-order valence-electron chi connectivity index (χ2n) is 10.1. The van der Waals surface area contributed by atoms with Crippen molar-refractivity contribution in [3.8, 4) is 17.4 Å². The molecule has 1 saturated heterocycles. The minimum Gasteiger partial charge on any atom is -0.489 e. The van der Waals surface area contributed by atoms with Crippen LogP contribution in [0.4, 0.5) is 13.2 Å². The SMILES string of the molecule is O=C(N[C@H](CN1CCCC1)[C@H](O)c1ccc(OC2CC2)c(Cl)c1)C(F)(F)c1ccnc(Oc2ccc(F)cc2)c1. The van der Waals surface area contributed by atoms with Crippen molar-refractivity contribution < 1.29 is 32.5 Å². The van der Waals surface area contributed by atoms with E-state index in [1.807, 2.05) is 4.90 Å². The molecule has 2 N–H and O–H groups in total. The molecular weight excluding hydrogens is 547 g/mol. The summed E-state index contributed by atoms with van der Waals surface area (Å²) in [6.07, 6.45) is 3.72. The molecule has 40 heavy (non-hydrogen) atoms. The molecule has 2 heterocycles. The smallest absolute Gasteiger partial charge is 0.350 e. The molecule has 1 aliphatic carbocycles. The molecular formula is C29H29ClF3N3O4. The van der Waals surface area contributed by atoms with E-state index in [0.717, 1.165) is 69.2 Å². The molecule has 2 atom stereocenters. The van der Waals surface area contributed by atoms with Crippen molar-refractivity contribution in [3.63, 3.8) is 0 Å². The van der Waals surface area contributed by atoms with Gasteiger partial charge in [0.15, 0.2) is 0 Å². The maximum atomic E-state index is 15.4. The van der Waals surface area contributed by atoms with E-state index in [1.165, 1.54) is 18.2 Å². The van der Waals surface area contributed by atoms with Gasteiger partial charge in [0.1, 0.15) is 23.4 Å². The molecule has 0 radical (unpaired) electrons. The topological polar surface area (TPSA) is 83.9 Å². The number of aliphatic hydroxyl groups excluding tert-OH is 1. The summed E-state index contributed by atoms with van der Waals surface area (Å²) in [5.41, 5.74) is -0.268. The van der Waals surface area contributed by atoms with Crippen LogP contribution < -0.4 is 14.8 Å². The number of halogens is 4. The fraction of sp³-hybridized carbons (Fsp3) is 0.379. The Labute approximate surface area is 234 Å². The van der Waals surface area contributed by atoms with Crippen LogP contribution in [0, 0.1) is 5.82 Å². The molecule has 7 nitrogen and oxygen atoms in total. The van der Waals surface area contributed by atoms with Gasteiger partial charge < -0.3 is 24.8 Å². The van der Waals surface area contributed by atoms with Gasteiger partial charge in [-0.15, -0.1) is 0 Å². The van der Waals surface area contributed by atoms with Crippen molar-refractivity contribution in [3.05, 3.63) is 82.8 Å². The third kappa shape index (κ3) is 6.86. The van der Waals surface area contributed by atoms with Crippen LogP contribution in [0.15, 0.2) is 60.8 Å². The Morgan fingerprint density at radius 1 is 1.12 bits per heavy atom. The van der Waals surface area contributed by atoms with E-state index >= 15 is 8.78 Å². The highest BCUT2D eigenvalue weighted by Crippen LogP contribution is 2.35. The zero-order valence-electron chi connectivity index (χ0n) is 21.5. The lowest BCUT2D eigenvalue weighted by atomic mass is 10.0. The summed E-state index contributed by atoms with van der Waals surface area (Å²) in [5, 5.41) is 13.9. The van der Waals surface area contributed by atoms with Gasteiger partial charge in [-0.05, 0) is 86.8 Å². The van der Waals surface area contributed by atoms with Gasteiger partial charge in [0.25, 0.3) is 5.91 Å². The first-order valence-electron chi connectivity index (χ1n) is 13.1. The number of pyridine rings is 1. The Bertz CT molecular complexity index is 1330. The molecule has 3 aromatic rings. The maximum Gasteiger partial charge on any atom is 0.350 e. The van der Waals surface area contributed by atoms with Crippen LogP contribution in [0.2, 0.25) is 5.02 Å². The summed E-state index contributed by atoms with van der Waals surface area (Å²) in [4.78, 5) is 18.9. The molecule has 1 saturated carbocycles. The van der Waals surface area contributed by atoms with Crippen LogP contribution in [-0.2, 0) is 10.7 Å². The number of alkyl halides is 2. The lowest BCUT2D eigenvalue weighted by Crippen LogP contribution is -2.51. The minimum atomic E-state index is -3.97. The highest BCUT2D eigenvalue weighted by molar-refractivity contribution is 6.32. The minimum absolute atomic E-state index is 0.132. The number of amides is 1. The van der Waals surface area contributed by atoms with Crippen molar-refractivity contribution in [2.24, 2.45) is 0 Å². The summed E-state index contributed by atoms with van der Waals surface area (Å²) in [5.74, 6) is -5.52. The van der Waals surface area contributed by atoms with Crippen molar-refractivity contribution in [1.82, 2.24) is 15.2 Å². The Kier molecular flexibility index (Phi) is 8.48. The molecule has 2 fully saturated rings. The van der Waals surface area contributed by atoms with Crippen LogP contribution in [0.1, 0.15) is 42.9 Å². The Morgan fingerprint density at radius 3 is 2.52 bits per heavy atom. The number of likely N-dealkylation sites (tertiary alicyclic amines) is 1. The van der Waals surface area contributed by atoms with Gasteiger partial charge in [0, 0.05) is 24.4 Å². The molecule has 1 amide bonds. The zero-order chi connectivity index (χ0) is 28.3. The molecule has 212 valence electrons. The van der Waals surface area contributed by atoms with Crippen LogP contribution in [0.5, 0.6) is 17.4 Å². The first kappa shape index (κ1) is 28.2. The summed E-state index contributed by atoms with van der Waals surface area (Å²) in [7, 11) is 0. The first-order valence-corrected chi connectivity index (χ1v) is 13.5. The van der Waals surface area contributed by atoms with E-state index < -0.39 is 35.4 Å². The lowest BCUT2D eigenvalue weighted by molar-refractivity contribution is -0.149. The van der Waals surface area contributed by atoms with Crippen molar-refractivity contribution >= 4 is 17.5 Å². The Morgan fingerprint density at radius 2 is 1.85 bits per heavy atom. The molecule has 2 aromatic carbocycles. The molecule has 1 aliphatic heterocycles. The van der Waals surface area contributed by atoms with E-state index in [0.29, 0.717) is 16.3 Å². The number of hydrogen-bond donors (Lipinski definition) is 2. The quantitative estimate of drug-likeness (QED) is 0.309. The number of aliphatic hydroxyl groups is 1. The molecule has 1 aromatic heterocycles. The molecule has 11 heteroatoms. The monoisotopic (exact) mass is 575 g/mol. The fourth-order valence-corrected chi connectivity index (χ4v) is 4.77. The number of aromatic nitrogens is 1. The molecule has 5 rings (SSSR count). The van der Waals surface area contributed by atoms with E-state index in [2.05, 4.69) is 10.3 Å².